The standard InChI is InChI=1S/C26H37N3O4S/c1-5-6-14-27-23(32)21-26-13-12-25(4,34-26)19(22(31)28-17-10-8-7-9-11-17)20(26)24(33)29(21)18(15-30)16(2)3/h7-11,16,18-21,30H,5-6,12-15H2,1-4H3,(H,27,32)(H,28,31)/t18-,19+,20-,21?,25-,26?/m0/s1. The number of hydrogen-bond acceptors (Lipinski definition) is 5. The van der Waals surface area contributed by atoms with Crippen molar-refractivity contribution in [1.29, 1.82) is 0 Å². The molecule has 6 atom stereocenters. The number of likely N-dealkylation sites (tertiary alicyclic amines) is 1. The lowest BCUT2D eigenvalue weighted by Gasteiger charge is -2.38. The molecule has 1 aromatic rings. The number of anilines is 1. The Morgan fingerprint density at radius 2 is 1.91 bits per heavy atom. The van der Waals surface area contributed by atoms with Crippen LogP contribution >= 0.6 is 11.8 Å². The van der Waals surface area contributed by atoms with E-state index < -0.39 is 33.4 Å². The quantitative estimate of drug-likeness (QED) is 0.465. The summed E-state index contributed by atoms with van der Waals surface area (Å²) in [4.78, 5) is 42.9. The van der Waals surface area contributed by atoms with Gasteiger partial charge in [0.1, 0.15) is 6.04 Å². The van der Waals surface area contributed by atoms with Crippen molar-refractivity contribution >= 4 is 35.2 Å². The number of unbranched alkanes of at least 4 members (excludes halogenated alkanes) is 1. The number of aliphatic hydroxyl groups is 1. The molecule has 7 nitrogen and oxygen atoms in total. The fraction of sp³-hybridized carbons (Fsp3) is 0.654. The second kappa shape index (κ2) is 9.53. The molecule has 1 spiro atoms. The minimum absolute atomic E-state index is 0.0236. The minimum atomic E-state index is -0.692. The summed E-state index contributed by atoms with van der Waals surface area (Å²) in [6.07, 6.45) is 3.30. The Hall–Kier alpha value is -2.06. The number of thioether (sulfide) groups is 1. The van der Waals surface area contributed by atoms with Gasteiger partial charge in [0.05, 0.1) is 29.2 Å². The average Bonchev–Trinajstić information content (AvgIpc) is 3.36. The SMILES string of the molecule is CCCCNC(=O)C1N([C@@H](CO)C(C)C)C(=O)[C@@H]2[C@H](C(=O)Nc3ccccc3)[C@]3(C)CCC12S3. The van der Waals surface area contributed by atoms with Crippen molar-refractivity contribution in [1.82, 2.24) is 10.2 Å². The third-order valence-corrected chi connectivity index (χ3v) is 9.92. The molecule has 3 heterocycles. The third kappa shape index (κ3) is 3.92. The monoisotopic (exact) mass is 487 g/mol. The largest absolute Gasteiger partial charge is 0.394 e. The molecule has 3 aliphatic rings. The minimum Gasteiger partial charge on any atom is -0.394 e. The number of benzene rings is 1. The van der Waals surface area contributed by atoms with Crippen molar-refractivity contribution in [3.05, 3.63) is 30.3 Å². The van der Waals surface area contributed by atoms with E-state index in [4.69, 9.17) is 0 Å². The molecule has 0 radical (unpaired) electrons. The van der Waals surface area contributed by atoms with Crippen LogP contribution in [0.3, 0.4) is 0 Å². The number of amides is 3. The number of rotatable bonds is 9. The molecular formula is C26H37N3O4S. The molecule has 3 fully saturated rings. The van der Waals surface area contributed by atoms with Crippen LogP contribution in [0.5, 0.6) is 0 Å². The van der Waals surface area contributed by atoms with Crippen molar-refractivity contribution in [2.45, 2.75) is 75.0 Å². The fourth-order valence-corrected chi connectivity index (χ4v) is 8.61. The predicted octanol–water partition coefficient (Wildman–Crippen LogP) is 3.04. The van der Waals surface area contributed by atoms with E-state index in [1.807, 2.05) is 44.2 Å². The lowest BCUT2D eigenvalue weighted by atomic mass is 9.66. The Balaban J connectivity index is 1.72. The van der Waals surface area contributed by atoms with Gasteiger partial charge in [0.2, 0.25) is 17.7 Å². The lowest BCUT2D eigenvalue weighted by molar-refractivity contribution is -0.143. The number of para-hydroxylation sites is 1. The van der Waals surface area contributed by atoms with Crippen LogP contribution in [-0.4, -0.2) is 62.5 Å². The van der Waals surface area contributed by atoms with Crippen LogP contribution in [0.25, 0.3) is 0 Å². The second-order valence-corrected chi connectivity index (χ2v) is 12.4. The number of carbonyl (C=O) groups excluding carboxylic acids is 3. The molecule has 186 valence electrons. The van der Waals surface area contributed by atoms with Gasteiger partial charge < -0.3 is 20.6 Å². The first-order valence-electron chi connectivity index (χ1n) is 12.5. The van der Waals surface area contributed by atoms with Crippen LogP contribution in [0, 0.1) is 17.8 Å². The number of nitrogens with zero attached hydrogens (tertiary/aromatic N) is 1. The Bertz CT molecular complexity index is 941. The van der Waals surface area contributed by atoms with E-state index in [1.54, 1.807) is 16.7 Å². The van der Waals surface area contributed by atoms with Gasteiger partial charge in [-0.3, -0.25) is 14.4 Å². The molecule has 3 aliphatic heterocycles. The first-order valence-corrected chi connectivity index (χ1v) is 13.3. The molecule has 8 heteroatoms. The van der Waals surface area contributed by atoms with E-state index in [-0.39, 0.29) is 30.2 Å². The van der Waals surface area contributed by atoms with Crippen molar-refractivity contribution in [3.8, 4) is 0 Å². The van der Waals surface area contributed by atoms with E-state index in [2.05, 4.69) is 24.5 Å². The predicted molar refractivity (Wildman–Crippen MR) is 134 cm³/mol. The second-order valence-electron chi connectivity index (χ2n) is 10.5. The summed E-state index contributed by atoms with van der Waals surface area (Å²) in [5.41, 5.74) is 0.699. The zero-order valence-electron chi connectivity index (χ0n) is 20.5. The molecule has 4 rings (SSSR count). The van der Waals surface area contributed by atoms with E-state index in [1.165, 1.54) is 0 Å². The first-order chi connectivity index (χ1) is 16.2. The summed E-state index contributed by atoms with van der Waals surface area (Å²) in [5, 5.41) is 16.3. The number of fused-ring (bicyclic) bond motifs is 1. The topological polar surface area (TPSA) is 98.7 Å². The van der Waals surface area contributed by atoms with Crippen molar-refractivity contribution in [3.63, 3.8) is 0 Å². The van der Waals surface area contributed by atoms with Crippen LogP contribution in [-0.2, 0) is 14.4 Å². The van der Waals surface area contributed by atoms with Crippen molar-refractivity contribution in [2.75, 3.05) is 18.5 Å². The highest BCUT2D eigenvalue weighted by molar-refractivity contribution is 8.02. The highest BCUT2D eigenvalue weighted by Gasteiger charge is 2.77. The van der Waals surface area contributed by atoms with Crippen LogP contribution < -0.4 is 10.6 Å². The Labute approximate surface area is 206 Å². The highest BCUT2D eigenvalue weighted by Crippen LogP contribution is 2.71. The maximum Gasteiger partial charge on any atom is 0.244 e. The Kier molecular flexibility index (Phi) is 7.02. The molecule has 3 saturated heterocycles. The van der Waals surface area contributed by atoms with Gasteiger partial charge in [0.15, 0.2) is 0 Å². The van der Waals surface area contributed by atoms with Gasteiger partial charge in [-0.15, -0.1) is 11.8 Å². The molecule has 34 heavy (non-hydrogen) atoms. The lowest BCUT2D eigenvalue weighted by Crippen LogP contribution is -2.57. The van der Waals surface area contributed by atoms with Gasteiger partial charge in [-0.1, -0.05) is 45.4 Å². The Morgan fingerprint density at radius 3 is 2.53 bits per heavy atom. The normalized spacial score (nSPS) is 32.7. The van der Waals surface area contributed by atoms with Gasteiger partial charge in [0, 0.05) is 17.0 Å². The molecule has 0 aliphatic carbocycles. The summed E-state index contributed by atoms with van der Waals surface area (Å²) in [6, 6.07) is 8.12. The Morgan fingerprint density at radius 1 is 1.21 bits per heavy atom. The molecule has 2 unspecified atom stereocenters. The molecule has 3 N–H and O–H groups in total. The van der Waals surface area contributed by atoms with E-state index in [0.717, 1.165) is 19.3 Å². The van der Waals surface area contributed by atoms with E-state index >= 15 is 0 Å². The maximum absolute atomic E-state index is 14.1. The van der Waals surface area contributed by atoms with Gasteiger partial charge in [-0.05, 0) is 44.2 Å². The zero-order chi connectivity index (χ0) is 24.7. The molecule has 0 aromatic heterocycles. The number of aliphatic hydroxyl groups excluding tert-OH is 1. The summed E-state index contributed by atoms with van der Waals surface area (Å²) < 4.78 is -1.08. The van der Waals surface area contributed by atoms with E-state index in [9.17, 15) is 19.5 Å². The number of hydrogen-bond donors (Lipinski definition) is 3. The zero-order valence-corrected chi connectivity index (χ0v) is 21.4. The van der Waals surface area contributed by atoms with E-state index in [0.29, 0.717) is 18.7 Å². The van der Waals surface area contributed by atoms with Crippen LogP contribution in [0.2, 0.25) is 0 Å². The molecule has 1 aromatic carbocycles. The average molecular weight is 488 g/mol. The maximum atomic E-state index is 14.1. The molecule has 2 bridgehead atoms. The van der Waals surface area contributed by atoms with Crippen molar-refractivity contribution in [2.24, 2.45) is 17.8 Å². The smallest absolute Gasteiger partial charge is 0.244 e. The van der Waals surface area contributed by atoms with Gasteiger partial charge in [-0.2, -0.15) is 0 Å². The first kappa shape index (κ1) is 25.0. The third-order valence-electron chi connectivity index (χ3n) is 7.93. The number of carbonyl (C=O) groups is 3. The summed E-state index contributed by atoms with van der Waals surface area (Å²) >= 11 is 1.66. The summed E-state index contributed by atoms with van der Waals surface area (Å²) in [7, 11) is 0. The highest BCUT2D eigenvalue weighted by atomic mass is 32.2. The number of nitrogens with one attached hydrogen (secondary N) is 2. The molecular weight excluding hydrogens is 450 g/mol. The van der Waals surface area contributed by atoms with Gasteiger partial charge in [0.25, 0.3) is 0 Å². The summed E-state index contributed by atoms with van der Waals surface area (Å²) in [5.74, 6) is -1.66. The molecule has 3 amide bonds. The van der Waals surface area contributed by atoms with Crippen LogP contribution in [0.4, 0.5) is 5.69 Å². The van der Waals surface area contributed by atoms with Crippen LogP contribution in [0.15, 0.2) is 30.3 Å². The molecule has 0 saturated carbocycles. The van der Waals surface area contributed by atoms with Gasteiger partial charge >= 0.3 is 0 Å². The summed E-state index contributed by atoms with van der Waals surface area (Å²) in [6.45, 7) is 8.39. The fourth-order valence-electron chi connectivity index (χ4n) is 6.27. The van der Waals surface area contributed by atoms with Gasteiger partial charge in [-0.25, -0.2) is 0 Å². The van der Waals surface area contributed by atoms with Crippen LogP contribution in [0.1, 0.15) is 53.4 Å². The van der Waals surface area contributed by atoms with Crippen molar-refractivity contribution < 1.29 is 19.5 Å².